The smallest absolute Gasteiger partial charge is 0.340 e. The number of allylic oxidation sites excluding steroid dienone is 6. The Bertz CT molecular complexity index is 679. The van der Waals surface area contributed by atoms with Crippen LogP contribution in [0.3, 0.4) is 0 Å². The van der Waals surface area contributed by atoms with Gasteiger partial charge in [-0.05, 0) is 25.3 Å². The topological polar surface area (TPSA) is 59.2 Å². The lowest BCUT2D eigenvalue weighted by Crippen LogP contribution is -2.06. The minimum atomic E-state index is -0.534. The van der Waals surface area contributed by atoms with Gasteiger partial charge in [-0.15, -0.1) is 0 Å². The Labute approximate surface area is 130 Å². The average Bonchev–Trinajstić information content (AvgIpc) is 2.90. The van der Waals surface area contributed by atoms with Crippen molar-refractivity contribution >= 4 is 12.3 Å². The van der Waals surface area contributed by atoms with Crippen LogP contribution < -0.4 is 0 Å². The molecule has 4 heteroatoms. The number of aromatic nitrogens is 1. The van der Waals surface area contributed by atoms with Gasteiger partial charge < -0.3 is 9.72 Å². The number of nitrogens with one attached hydrogen (secondary N) is 1. The highest BCUT2D eigenvalue weighted by Crippen LogP contribution is 2.19. The number of H-pyrrole nitrogens is 1. The van der Waals surface area contributed by atoms with E-state index in [9.17, 15) is 9.59 Å². The summed E-state index contributed by atoms with van der Waals surface area (Å²) < 4.78 is 4.72. The predicted octanol–water partition coefficient (Wildman–Crippen LogP) is 3.22. The fourth-order valence-corrected chi connectivity index (χ4v) is 1.90. The van der Waals surface area contributed by atoms with Crippen molar-refractivity contribution in [3.05, 3.63) is 59.0 Å². The third-order valence-electron chi connectivity index (χ3n) is 2.90. The second kappa shape index (κ2) is 9.19. The highest BCUT2D eigenvalue weighted by molar-refractivity contribution is 5.99. The molecule has 0 aromatic carbocycles. The Morgan fingerprint density at radius 2 is 2.00 bits per heavy atom. The summed E-state index contributed by atoms with van der Waals surface area (Å²) in [5.41, 5.74) is 1.72. The number of esters is 1. The van der Waals surface area contributed by atoms with Gasteiger partial charge in [-0.25, -0.2) is 4.79 Å². The molecular weight excluding hydrogens is 278 g/mol. The van der Waals surface area contributed by atoms with Crippen molar-refractivity contribution in [2.45, 2.75) is 20.3 Å². The van der Waals surface area contributed by atoms with Gasteiger partial charge in [0.05, 0.1) is 24.1 Å². The number of carbonyl (C=O) groups is 2. The number of hydrogen-bond acceptors (Lipinski definition) is 3. The minimum absolute atomic E-state index is 0.199. The quantitative estimate of drug-likeness (QED) is 0.393. The van der Waals surface area contributed by atoms with Crippen molar-refractivity contribution in [2.24, 2.45) is 0 Å². The van der Waals surface area contributed by atoms with E-state index in [1.165, 1.54) is 7.11 Å². The summed E-state index contributed by atoms with van der Waals surface area (Å²) in [6.45, 7) is 3.83. The summed E-state index contributed by atoms with van der Waals surface area (Å²) in [5, 5.41) is 0. The van der Waals surface area contributed by atoms with E-state index in [1.54, 1.807) is 6.08 Å². The lowest BCUT2D eigenvalue weighted by molar-refractivity contribution is 0.0597. The maximum Gasteiger partial charge on any atom is 0.340 e. The molecule has 0 amide bonds. The van der Waals surface area contributed by atoms with Gasteiger partial charge in [-0.1, -0.05) is 43.2 Å². The lowest BCUT2D eigenvalue weighted by Gasteiger charge is -2.00. The zero-order chi connectivity index (χ0) is 16.4. The number of rotatable bonds is 5. The molecule has 0 spiro atoms. The van der Waals surface area contributed by atoms with E-state index in [2.05, 4.69) is 16.8 Å². The summed E-state index contributed by atoms with van der Waals surface area (Å²) in [7, 11) is 1.29. The van der Waals surface area contributed by atoms with E-state index in [4.69, 9.17) is 4.74 Å². The minimum Gasteiger partial charge on any atom is -0.465 e. The van der Waals surface area contributed by atoms with Crippen LogP contribution in [-0.4, -0.2) is 24.3 Å². The first-order valence-corrected chi connectivity index (χ1v) is 6.93. The van der Waals surface area contributed by atoms with Crippen molar-refractivity contribution in [1.82, 2.24) is 4.98 Å². The Morgan fingerprint density at radius 1 is 1.27 bits per heavy atom. The van der Waals surface area contributed by atoms with Crippen LogP contribution in [0, 0.1) is 11.8 Å². The Kier molecular flexibility index (Phi) is 7.21. The summed E-state index contributed by atoms with van der Waals surface area (Å²) in [6, 6.07) is 0. The second-order valence-corrected chi connectivity index (χ2v) is 4.27. The molecule has 0 radical (unpaired) electrons. The number of carbonyl (C=O) groups excluding carboxylic acids is 2. The molecule has 0 bridgehead atoms. The number of aromatic amines is 1. The number of methoxy groups -OCH3 is 1. The monoisotopic (exact) mass is 297 g/mol. The molecule has 0 aliphatic carbocycles. The predicted molar refractivity (Wildman–Crippen MR) is 86.9 cm³/mol. The van der Waals surface area contributed by atoms with Gasteiger partial charge in [0.2, 0.25) is 0 Å². The number of hydrogen-bond donors (Lipinski definition) is 1. The van der Waals surface area contributed by atoms with Gasteiger partial charge in [0, 0.05) is 5.56 Å². The maximum atomic E-state index is 11.8. The molecule has 0 fully saturated rings. The van der Waals surface area contributed by atoms with E-state index in [0.717, 1.165) is 0 Å². The van der Waals surface area contributed by atoms with Gasteiger partial charge in [-0.3, -0.25) is 4.79 Å². The Morgan fingerprint density at radius 3 is 2.59 bits per heavy atom. The highest BCUT2D eigenvalue weighted by atomic mass is 16.5. The third kappa shape index (κ3) is 4.35. The molecule has 1 heterocycles. The lowest BCUT2D eigenvalue weighted by atomic mass is 10.1. The van der Waals surface area contributed by atoms with Crippen molar-refractivity contribution in [1.29, 1.82) is 0 Å². The van der Waals surface area contributed by atoms with E-state index in [0.29, 0.717) is 24.0 Å². The van der Waals surface area contributed by atoms with E-state index in [1.807, 2.05) is 44.2 Å². The largest absolute Gasteiger partial charge is 0.465 e. The van der Waals surface area contributed by atoms with E-state index < -0.39 is 5.97 Å². The van der Waals surface area contributed by atoms with Crippen LogP contribution in [0.5, 0.6) is 0 Å². The molecule has 1 aromatic heterocycles. The second-order valence-electron chi connectivity index (χ2n) is 4.27. The maximum absolute atomic E-state index is 11.8. The van der Waals surface area contributed by atoms with Gasteiger partial charge in [0.1, 0.15) is 0 Å². The summed E-state index contributed by atoms with van der Waals surface area (Å²) in [6.07, 6.45) is 12.3. The van der Waals surface area contributed by atoms with Gasteiger partial charge in [-0.2, -0.15) is 0 Å². The summed E-state index contributed by atoms with van der Waals surface area (Å²) in [4.78, 5) is 25.7. The molecule has 0 unspecified atom stereocenters. The first-order chi connectivity index (χ1) is 10.7. The van der Waals surface area contributed by atoms with Gasteiger partial charge >= 0.3 is 5.97 Å². The van der Waals surface area contributed by atoms with E-state index in [-0.39, 0.29) is 11.3 Å². The van der Waals surface area contributed by atoms with Gasteiger partial charge in [0.25, 0.3) is 0 Å². The zero-order valence-corrected chi connectivity index (χ0v) is 13.0. The Hall–Kier alpha value is -2.80. The van der Waals surface area contributed by atoms with Crippen LogP contribution in [0.1, 0.15) is 46.0 Å². The van der Waals surface area contributed by atoms with Crippen LogP contribution in [0.2, 0.25) is 0 Å². The fourth-order valence-electron chi connectivity index (χ4n) is 1.90. The third-order valence-corrected chi connectivity index (χ3v) is 2.90. The average molecular weight is 297 g/mol. The first kappa shape index (κ1) is 17.3. The molecule has 114 valence electrons. The van der Waals surface area contributed by atoms with Crippen LogP contribution in [-0.2, 0) is 11.2 Å². The van der Waals surface area contributed by atoms with Crippen LogP contribution in [0.25, 0.3) is 0 Å². The van der Waals surface area contributed by atoms with Crippen molar-refractivity contribution < 1.29 is 14.3 Å². The molecule has 0 atom stereocenters. The molecule has 4 nitrogen and oxygen atoms in total. The molecule has 0 aliphatic rings. The molecule has 22 heavy (non-hydrogen) atoms. The Balaban J connectivity index is 3.09. The van der Waals surface area contributed by atoms with Crippen LogP contribution in [0.15, 0.2) is 36.5 Å². The first-order valence-electron chi connectivity index (χ1n) is 6.93. The normalized spacial score (nSPS) is 11.0. The van der Waals surface area contributed by atoms with Gasteiger partial charge in [0.15, 0.2) is 6.29 Å². The molecule has 1 rings (SSSR count). The standard InChI is InChI=1S/C18H19NO3/c1-4-6-7-8-9-10-11-12-15-14(5-2)17(18(21)22-3)16(13-20)19-15/h4,6-10,13,19H,5H2,1-3H3/b6-4-,8-7-,10-9+. The molecule has 0 saturated heterocycles. The number of aldehydes is 1. The zero-order valence-electron chi connectivity index (χ0n) is 13.0. The van der Waals surface area contributed by atoms with Crippen LogP contribution in [0.4, 0.5) is 0 Å². The SMILES string of the molecule is C\C=C/C=C\C=C\C#Cc1[nH]c(C=O)c(C(=O)OC)c1CC. The summed E-state index contributed by atoms with van der Waals surface area (Å²) >= 11 is 0. The highest BCUT2D eigenvalue weighted by Gasteiger charge is 2.21. The fraction of sp³-hybridized carbons (Fsp3) is 0.222. The van der Waals surface area contributed by atoms with E-state index >= 15 is 0 Å². The molecule has 1 aromatic rings. The molecular formula is C18H19NO3. The van der Waals surface area contributed by atoms with Crippen LogP contribution >= 0.6 is 0 Å². The summed E-state index contributed by atoms with van der Waals surface area (Å²) in [5.74, 6) is 5.25. The van der Waals surface area contributed by atoms with Crippen molar-refractivity contribution in [3.8, 4) is 11.8 Å². The van der Waals surface area contributed by atoms with Crippen molar-refractivity contribution in [2.75, 3.05) is 7.11 Å². The number of ether oxygens (including phenoxy) is 1. The van der Waals surface area contributed by atoms with Crippen molar-refractivity contribution in [3.63, 3.8) is 0 Å². The molecule has 0 saturated carbocycles. The molecule has 1 N–H and O–H groups in total. The molecule has 0 aliphatic heterocycles.